The van der Waals surface area contributed by atoms with Gasteiger partial charge in [-0.15, -0.1) is 0 Å². The quantitative estimate of drug-likeness (QED) is 0.0722. The summed E-state index contributed by atoms with van der Waals surface area (Å²) in [5.74, 6) is -1.86. The fraction of sp³-hybridized carbons (Fsp3) is 0.912. The fourth-order valence-electron chi connectivity index (χ4n) is 7.47. The first-order valence-electron chi connectivity index (χ1n) is 19.3. The summed E-state index contributed by atoms with van der Waals surface area (Å²) in [6.45, 7) is 3.31. The summed E-state index contributed by atoms with van der Waals surface area (Å²) in [6, 6.07) is -4.60. The van der Waals surface area contributed by atoms with Crippen LogP contribution in [0.2, 0.25) is 0 Å². The third-order valence-electron chi connectivity index (χ3n) is 10.7. The lowest BCUT2D eigenvalue weighted by molar-refractivity contribution is -0.289. The Morgan fingerprint density at radius 2 is 1.55 bits per heavy atom. The molecule has 0 aromatic heterocycles. The van der Waals surface area contributed by atoms with Crippen molar-refractivity contribution in [2.45, 2.75) is 149 Å². The van der Waals surface area contributed by atoms with Crippen LogP contribution in [0.5, 0.6) is 0 Å². The van der Waals surface area contributed by atoms with Crippen molar-refractivity contribution in [2.75, 3.05) is 45.9 Å². The highest BCUT2D eigenvalue weighted by Gasteiger charge is 2.56. The van der Waals surface area contributed by atoms with E-state index in [0.29, 0.717) is 0 Å². The first-order valence-corrected chi connectivity index (χ1v) is 19.3. The second kappa shape index (κ2) is 19.2. The molecule has 58 heavy (non-hydrogen) atoms. The molecule has 24 heteroatoms. The standard InChI is InChI=1S/C34H61N7O17/c1-33(2,3)58-32(50)41-11-34(51,12-41)31(49)40-15-6-13(36)25(55-28-14(37)7-16(44)18(53-28)9-39-4-5-42)27(21(15)45)57-30-24(48)26(19(10-43)54-30)56-29-20(38)23(47)22(46)17(8-35)52-29/h13-23,25-30,39,42-47,51H,4-12,35-38H2,1-3H3,(H,40,49)/t13-,14+,15+,16-,17-,18+,19+,20+,21-,22+,23+,25+,26+,27+,28+,29+,30-/m0/s1. The molecule has 0 unspecified atom stereocenters. The van der Waals surface area contributed by atoms with E-state index in [2.05, 4.69) is 10.6 Å². The molecule has 0 bridgehead atoms. The predicted molar refractivity (Wildman–Crippen MR) is 194 cm³/mol. The van der Waals surface area contributed by atoms with Gasteiger partial charge in [-0.3, -0.25) is 9.59 Å². The number of aliphatic hydroxyl groups excluding tert-OH is 6. The summed E-state index contributed by atoms with van der Waals surface area (Å²) in [5, 5.41) is 79.1. The van der Waals surface area contributed by atoms with Crippen molar-refractivity contribution in [1.82, 2.24) is 15.5 Å². The maximum Gasteiger partial charge on any atom is 0.410 e. The molecular formula is C34H61N7O17. The maximum absolute atomic E-state index is 13.9. The molecular weight excluding hydrogens is 778 g/mol. The number of Topliss-reactive ketones (excluding diaryl/α,β-unsaturated/α-hetero) is 1. The van der Waals surface area contributed by atoms with Crippen LogP contribution in [0.15, 0.2) is 0 Å². The first-order chi connectivity index (χ1) is 27.2. The number of hydrogen-bond donors (Lipinski definition) is 13. The van der Waals surface area contributed by atoms with Crippen molar-refractivity contribution in [3.05, 3.63) is 0 Å². The molecule has 1 aliphatic carbocycles. The molecule has 4 aliphatic heterocycles. The smallest absolute Gasteiger partial charge is 0.410 e. The lowest BCUT2D eigenvalue weighted by Crippen LogP contribution is -2.73. The number of carbonyl (C=O) groups excluding carboxylic acids is 3. The number of rotatable bonds is 14. The molecule has 5 aliphatic rings. The van der Waals surface area contributed by atoms with Gasteiger partial charge in [-0.1, -0.05) is 0 Å². The Morgan fingerprint density at radius 1 is 0.879 bits per heavy atom. The van der Waals surface area contributed by atoms with E-state index < -0.39 is 153 Å². The number of nitrogens with two attached hydrogens (primary N) is 4. The van der Waals surface area contributed by atoms with Crippen molar-refractivity contribution in [1.29, 1.82) is 0 Å². The van der Waals surface area contributed by atoms with E-state index in [4.69, 9.17) is 61.2 Å². The van der Waals surface area contributed by atoms with Gasteiger partial charge in [-0.05, 0) is 33.6 Å². The normalized spacial score (nSPS) is 41.9. The van der Waals surface area contributed by atoms with Crippen molar-refractivity contribution >= 4 is 17.8 Å². The Balaban J connectivity index is 1.34. The molecule has 5 rings (SSSR count). The molecule has 334 valence electrons. The van der Waals surface area contributed by atoms with E-state index in [-0.39, 0.29) is 39.1 Å². The number of amides is 2. The van der Waals surface area contributed by atoms with Gasteiger partial charge < -0.3 is 107 Å². The summed E-state index contributed by atoms with van der Waals surface area (Å²) < 4.78 is 40.7. The Morgan fingerprint density at radius 3 is 2.17 bits per heavy atom. The first kappa shape index (κ1) is 46.8. The van der Waals surface area contributed by atoms with Gasteiger partial charge in [0.25, 0.3) is 5.91 Å². The van der Waals surface area contributed by atoms with Crippen LogP contribution in [0.4, 0.5) is 4.79 Å². The average molecular weight is 840 g/mol. The Labute approximate surface area is 334 Å². The van der Waals surface area contributed by atoms with Crippen LogP contribution in [0, 0.1) is 0 Å². The van der Waals surface area contributed by atoms with Crippen LogP contribution < -0.4 is 33.6 Å². The van der Waals surface area contributed by atoms with Crippen LogP contribution in [-0.4, -0.2) is 220 Å². The minimum atomic E-state index is -2.05. The lowest BCUT2D eigenvalue weighted by Gasteiger charge is -2.48. The number of aliphatic hydroxyl groups is 7. The summed E-state index contributed by atoms with van der Waals surface area (Å²) >= 11 is 0. The third kappa shape index (κ3) is 10.4. The minimum Gasteiger partial charge on any atom is -0.444 e. The number of likely N-dealkylation sites (tertiary alicyclic amines) is 1. The second-order valence-corrected chi connectivity index (χ2v) is 16.5. The molecule has 1 saturated carbocycles. The topological polar surface area (TPSA) is 389 Å². The van der Waals surface area contributed by atoms with Gasteiger partial charge in [0.05, 0.1) is 56.6 Å². The van der Waals surface area contributed by atoms with Crippen molar-refractivity contribution in [3.8, 4) is 0 Å². The largest absolute Gasteiger partial charge is 0.444 e. The molecule has 17 N–H and O–H groups in total. The van der Waals surface area contributed by atoms with Gasteiger partial charge in [-0.2, -0.15) is 0 Å². The number of nitrogens with zero attached hydrogens (tertiary/aromatic N) is 1. The van der Waals surface area contributed by atoms with Gasteiger partial charge >= 0.3 is 6.09 Å². The molecule has 5 fully saturated rings. The molecule has 17 atom stereocenters. The number of carbonyl (C=O) groups is 3. The van der Waals surface area contributed by atoms with Crippen molar-refractivity contribution < 1.29 is 83.3 Å². The molecule has 2 amide bonds. The number of ketones is 1. The van der Waals surface area contributed by atoms with E-state index in [1.807, 2.05) is 0 Å². The third-order valence-corrected chi connectivity index (χ3v) is 10.7. The van der Waals surface area contributed by atoms with Gasteiger partial charge in [0.2, 0.25) is 12.1 Å². The van der Waals surface area contributed by atoms with E-state index >= 15 is 0 Å². The second-order valence-electron chi connectivity index (χ2n) is 16.5. The molecule has 24 nitrogen and oxygen atoms in total. The summed E-state index contributed by atoms with van der Waals surface area (Å²) in [7, 11) is 0. The van der Waals surface area contributed by atoms with Gasteiger partial charge in [0, 0.05) is 25.7 Å². The summed E-state index contributed by atoms with van der Waals surface area (Å²) in [6.07, 6.45) is -19.1. The van der Waals surface area contributed by atoms with E-state index in [9.17, 15) is 45.0 Å². The van der Waals surface area contributed by atoms with Gasteiger partial charge in [-0.25, -0.2) is 4.79 Å². The molecule has 0 spiro atoms. The van der Waals surface area contributed by atoms with Crippen molar-refractivity contribution in [3.63, 3.8) is 0 Å². The zero-order chi connectivity index (χ0) is 42.9. The number of ether oxygens (including phenoxy) is 7. The van der Waals surface area contributed by atoms with Crippen LogP contribution in [0.3, 0.4) is 0 Å². The summed E-state index contributed by atoms with van der Waals surface area (Å²) in [5.41, 5.74) is 21.7. The van der Waals surface area contributed by atoms with Crippen LogP contribution in [0.1, 0.15) is 33.6 Å². The Kier molecular flexibility index (Phi) is 15.5. The molecule has 4 saturated heterocycles. The van der Waals surface area contributed by atoms with Gasteiger partial charge in [0.15, 0.2) is 24.3 Å². The zero-order valence-corrected chi connectivity index (χ0v) is 32.6. The molecule has 0 radical (unpaired) electrons. The lowest BCUT2D eigenvalue weighted by atomic mass is 9.83. The predicted octanol–water partition coefficient (Wildman–Crippen LogP) is -7.90. The van der Waals surface area contributed by atoms with Crippen molar-refractivity contribution in [2.24, 2.45) is 22.9 Å². The number of hydrogen-bond acceptors (Lipinski definition) is 22. The van der Waals surface area contributed by atoms with E-state index in [1.54, 1.807) is 20.8 Å². The molecule has 0 aromatic carbocycles. The minimum absolute atomic E-state index is 0.0211. The zero-order valence-electron chi connectivity index (χ0n) is 32.6. The fourth-order valence-corrected chi connectivity index (χ4v) is 7.47. The average Bonchev–Trinajstić information content (AvgIpc) is 3.44. The highest BCUT2D eigenvalue weighted by Crippen LogP contribution is 2.34. The highest BCUT2D eigenvalue weighted by atomic mass is 16.8. The maximum atomic E-state index is 13.9. The Bertz CT molecular complexity index is 1410. The van der Waals surface area contributed by atoms with Crippen LogP contribution in [0.25, 0.3) is 0 Å². The molecule has 4 heterocycles. The van der Waals surface area contributed by atoms with Gasteiger partial charge in [0.1, 0.15) is 48.3 Å². The SMILES string of the molecule is CC(C)(C)OC(=O)N1CC(O)(C(=O)N[C@@H]2C[C@H](N)[C@@H](O[C@H]3O[C@H](CNCCO)[C@@H](O)C[C@H]3N)[C@H](O[C@@H]3O[C@H](CO)[C@@H](O[C@H]4O[C@@H](CN)[C@@H](O)[C@H](O)[C@H]4N)C3=O)[C@H]2O)C1. The Hall–Kier alpha value is -2.31. The summed E-state index contributed by atoms with van der Waals surface area (Å²) in [4.78, 5) is 40.9. The van der Waals surface area contributed by atoms with E-state index in [0.717, 1.165) is 4.90 Å². The molecule has 0 aromatic rings. The van der Waals surface area contributed by atoms with E-state index in [1.165, 1.54) is 0 Å². The van der Waals surface area contributed by atoms with Crippen LogP contribution >= 0.6 is 0 Å². The number of nitrogens with one attached hydrogen (secondary N) is 2. The number of β-amino-alcohol motifs (C(OH)–C–C–N with tert-alkyl or cyclic N) is 1. The van der Waals surface area contributed by atoms with Crippen LogP contribution in [-0.2, 0) is 42.7 Å². The monoisotopic (exact) mass is 839 g/mol. The highest BCUT2D eigenvalue weighted by molar-refractivity contribution is 5.89.